The van der Waals surface area contributed by atoms with Gasteiger partial charge < -0.3 is 0 Å². The second-order valence-electron chi connectivity index (χ2n) is 4.02. The lowest BCUT2D eigenvalue weighted by Crippen LogP contribution is -2.01. The van der Waals surface area contributed by atoms with Gasteiger partial charge in [-0.25, -0.2) is 4.39 Å². The molecule has 3 heteroatoms. The lowest BCUT2D eigenvalue weighted by Gasteiger charge is -2.02. The normalized spacial score (nSPS) is 10.5. The molecule has 0 bridgehead atoms. The minimum Gasteiger partial charge on any atom is -0.294 e. The minimum absolute atomic E-state index is 0.00454. The van der Waals surface area contributed by atoms with Gasteiger partial charge in [0.15, 0.2) is 5.78 Å². The Morgan fingerprint density at radius 3 is 2.82 bits per heavy atom. The number of carbonyl (C=O) groups excluding carboxylic acids is 1. The minimum atomic E-state index is -0.314. The molecule has 1 aromatic carbocycles. The highest BCUT2D eigenvalue weighted by Gasteiger charge is 2.08. The molecule has 0 atom stereocenters. The predicted octanol–water partition coefficient (Wildman–Crippen LogP) is 4.01. The number of thiophene rings is 1. The molecule has 0 aliphatic rings. The van der Waals surface area contributed by atoms with Gasteiger partial charge in [-0.05, 0) is 47.4 Å². The Labute approximate surface area is 104 Å². The van der Waals surface area contributed by atoms with Gasteiger partial charge in [-0.3, -0.25) is 4.79 Å². The van der Waals surface area contributed by atoms with Crippen LogP contribution in [0.4, 0.5) is 4.39 Å². The van der Waals surface area contributed by atoms with E-state index in [1.165, 1.54) is 6.07 Å². The van der Waals surface area contributed by atoms with Gasteiger partial charge in [-0.1, -0.05) is 12.1 Å². The van der Waals surface area contributed by atoms with Gasteiger partial charge in [0.05, 0.1) is 0 Å². The fraction of sp³-hybridized carbons (Fsp3) is 0.214. The zero-order valence-electron chi connectivity index (χ0n) is 9.57. The van der Waals surface area contributed by atoms with Crippen LogP contribution in [0.1, 0.15) is 27.9 Å². The van der Waals surface area contributed by atoms with Gasteiger partial charge in [-0.15, -0.1) is 0 Å². The maximum absolute atomic E-state index is 13.3. The molecule has 0 N–H and O–H groups in total. The van der Waals surface area contributed by atoms with Crippen LogP contribution in [0.3, 0.4) is 0 Å². The van der Waals surface area contributed by atoms with Gasteiger partial charge in [-0.2, -0.15) is 11.3 Å². The van der Waals surface area contributed by atoms with E-state index in [2.05, 4.69) is 0 Å². The van der Waals surface area contributed by atoms with Gasteiger partial charge in [0.2, 0.25) is 0 Å². The van der Waals surface area contributed by atoms with Crippen LogP contribution in [-0.4, -0.2) is 5.78 Å². The van der Waals surface area contributed by atoms with Crippen LogP contribution in [0, 0.1) is 12.7 Å². The van der Waals surface area contributed by atoms with Crippen LogP contribution in [-0.2, 0) is 6.42 Å². The summed E-state index contributed by atoms with van der Waals surface area (Å²) in [4.78, 5) is 11.8. The Morgan fingerprint density at radius 1 is 1.35 bits per heavy atom. The van der Waals surface area contributed by atoms with Crippen molar-refractivity contribution in [1.29, 1.82) is 0 Å². The lowest BCUT2D eigenvalue weighted by atomic mass is 10.0. The first kappa shape index (κ1) is 12.0. The third-order valence-corrected chi connectivity index (χ3v) is 3.45. The second-order valence-corrected chi connectivity index (χ2v) is 4.80. The lowest BCUT2D eigenvalue weighted by molar-refractivity contribution is 0.0982. The monoisotopic (exact) mass is 248 g/mol. The number of rotatable bonds is 4. The summed E-state index contributed by atoms with van der Waals surface area (Å²) in [5.74, 6) is -0.318. The Balaban J connectivity index is 2.02. The maximum atomic E-state index is 13.3. The Bertz CT molecular complexity index is 517. The molecule has 0 fully saturated rings. The van der Waals surface area contributed by atoms with Crippen LogP contribution in [0.2, 0.25) is 0 Å². The van der Waals surface area contributed by atoms with E-state index in [1.54, 1.807) is 30.4 Å². The number of hydrogen-bond acceptors (Lipinski definition) is 2. The number of ketones is 1. The molecule has 0 spiro atoms. The molecular weight excluding hydrogens is 235 g/mol. The average molecular weight is 248 g/mol. The van der Waals surface area contributed by atoms with Gasteiger partial charge in [0.25, 0.3) is 0 Å². The summed E-state index contributed by atoms with van der Waals surface area (Å²) in [7, 11) is 0. The van der Waals surface area contributed by atoms with E-state index in [4.69, 9.17) is 0 Å². The summed E-state index contributed by atoms with van der Waals surface area (Å²) in [5.41, 5.74) is 2.19. The summed E-state index contributed by atoms with van der Waals surface area (Å²) >= 11 is 1.62. The molecule has 0 amide bonds. The zero-order chi connectivity index (χ0) is 12.3. The SMILES string of the molecule is Cc1ccc(C(=O)CCc2ccsc2)cc1F. The Hall–Kier alpha value is -1.48. The predicted molar refractivity (Wildman–Crippen MR) is 68.1 cm³/mol. The van der Waals surface area contributed by atoms with Crippen molar-refractivity contribution in [2.24, 2.45) is 0 Å². The maximum Gasteiger partial charge on any atom is 0.163 e. The van der Waals surface area contributed by atoms with Crippen LogP contribution in [0.25, 0.3) is 0 Å². The number of Topliss-reactive ketones (excluding diaryl/α,β-unsaturated/α-hetero) is 1. The first-order valence-electron chi connectivity index (χ1n) is 5.47. The highest BCUT2D eigenvalue weighted by atomic mass is 32.1. The van der Waals surface area contributed by atoms with Crippen molar-refractivity contribution in [2.45, 2.75) is 19.8 Å². The number of hydrogen-bond donors (Lipinski definition) is 0. The summed E-state index contributed by atoms with van der Waals surface area (Å²) in [5, 5.41) is 4.02. The quantitative estimate of drug-likeness (QED) is 0.747. The first-order valence-corrected chi connectivity index (χ1v) is 6.41. The number of halogens is 1. The van der Waals surface area contributed by atoms with Crippen molar-refractivity contribution in [3.8, 4) is 0 Å². The number of carbonyl (C=O) groups is 1. The van der Waals surface area contributed by atoms with E-state index in [9.17, 15) is 9.18 Å². The van der Waals surface area contributed by atoms with Gasteiger partial charge in [0, 0.05) is 12.0 Å². The first-order chi connectivity index (χ1) is 8.16. The zero-order valence-corrected chi connectivity index (χ0v) is 10.4. The van der Waals surface area contributed by atoms with E-state index < -0.39 is 0 Å². The van der Waals surface area contributed by atoms with Crippen molar-refractivity contribution in [2.75, 3.05) is 0 Å². The number of aryl methyl sites for hydroxylation is 2. The van der Waals surface area contributed by atoms with E-state index in [1.807, 2.05) is 16.8 Å². The van der Waals surface area contributed by atoms with E-state index in [0.29, 0.717) is 17.5 Å². The van der Waals surface area contributed by atoms with Gasteiger partial charge >= 0.3 is 0 Å². The smallest absolute Gasteiger partial charge is 0.163 e. The summed E-state index contributed by atoms with van der Waals surface area (Å²) in [6.45, 7) is 1.69. The topological polar surface area (TPSA) is 17.1 Å². The Morgan fingerprint density at radius 2 is 2.18 bits per heavy atom. The van der Waals surface area contributed by atoms with Crippen molar-refractivity contribution in [3.63, 3.8) is 0 Å². The third kappa shape index (κ3) is 3.01. The fourth-order valence-electron chi connectivity index (χ4n) is 1.60. The molecule has 2 rings (SSSR count). The second kappa shape index (κ2) is 5.23. The molecule has 17 heavy (non-hydrogen) atoms. The molecule has 0 saturated carbocycles. The highest BCUT2D eigenvalue weighted by molar-refractivity contribution is 7.07. The summed E-state index contributed by atoms with van der Waals surface area (Å²) in [6, 6.07) is 6.67. The van der Waals surface area contributed by atoms with Crippen LogP contribution < -0.4 is 0 Å². The molecule has 88 valence electrons. The van der Waals surface area contributed by atoms with Crippen molar-refractivity contribution < 1.29 is 9.18 Å². The van der Waals surface area contributed by atoms with E-state index in [0.717, 1.165) is 12.0 Å². The molecule has 0 aliphatic carbocycles. The molecule has 0 aliphatic heterocycles. The van der Waals surface area contributed by atoms with Crippen molar-refractivity contribution in [1.82, 2.24) is 0 Å². The largest absolute Gasteiger partial charge is 0.294 e. The van der Waals surface area contributed by atoms with Crippen LogP contribution >= 0.6 is 11.3 Å². The molecule has 0 unspecified atom stereocenters. The van der Waals surface area contributed by atoms with E-state index >= 15 is 0 Å². The standard InChI is InChI=1S/C14H13FOS/c1-10-2-4-12(8-13(10)15)14(16)5-3-11-6-7-17-9-11/h2,4,6-9H,3,5H2,1H3. The van der Waals surface area contributed by atoms with Gasteiger partial charge in [0.1, 0.15) is 5.82 Å². The molecule has 1 aromatic heterocycles. The summed E-state index contributed by atoms with van der Waals surface area (Å²) < 4.78 is 13.3. The van der Waals surface area contributed by atoms with Crippen LogP contribution in [0.15, 0.2) is 35.0 Å². The fourth-order valence-corrected chi connectivity index (χ4v) is 2.31. The molecule has 1 heterocycles. The molecule has 0 saturated heterocycles. The molecule has 2 aromatic rings. The third-order valence-electron chi connectivity index (χ3n) is 2.71. The number of benzene rings is 1. The van der Waals surface area contributed by atoms with Crippen molar-refractivity contribution in [3.05, 3.63) is 57.5 Å². The molecular formula is C14H13FOS. The Kier molecular flexibility index (Phi) is 3.69. The van der Waals surface area contributed by atoms with Crippen molar-refractivity contribution >= 4 is 17.1 Å². The van der Waals surface area contributed by atoms with Crippen LogP contribution in [0.5, 0.6) is 0 Å². The summed E-state index contributed by atoms with van der Waals surface area (Å²) in [6.07, 6.45) is 1.15. The van der Waals surface area contributed by atoms with E-state index in [-0.39, 0.29) is 11.6 Å². The molecule has 1 nitrogen and oxygen atoms in total. The average Bonchev–Trinajstić information content (AvgIpc) is 2.82. The highest BCUT2D eigenvalue weighted by Crippen LogP contribution is 2.14. The molecule has 0 radical (unpaired) electrons.